The molecule has 0 aliphatic heterocycles. The van der Waals surface area contributed by atoms with Gasteiger partial charge in [0.2, 0.25) is 0 Å². The van der Waals surface area contributed by atoms with Gasteiger partial charge in [-0.3, -0.25) is 5.10 Å². The van der Waals surface area contributed by atoms with Gasteiger partial charge in [0.15, 0.2) is 0 Å². The molecule has 0 aromatic carbocycles. The molecule has 3 rings (SSSR count). The van der Waals surface area contributed by atoms with Crippen LogP contribution in [-0.2, 0) is 0 Å². The lowest BCUT2D eigenvalue weighted by Crippen LogP contribution is -1.91. The fraction of sp³-hybridized carbons (Fsp3) is 0.0909. The van der Waals surface area contributed by atoms with E-state index >= 15 is 0 Å². The van der Waals surface area contributed by atoms with Crippen LogP contribution in [0.1, 0.15) is 5.56 Å². The van der Waals surface area contributed by atoms with Crippen molar-refractivity contribution < 1.29 is 0 Å². The summed E-state index contributed by atoms with van der Waals surface area (Å²) in [6.45, 7) is 2.05. The van der Waals surface area contributed by atoms with Gasteiger partial charge < -0.3 is 5.73 Å². The van der Waals surface area contributed by atoms with Crippen molar-refractivity contribution in [3.8, 4) is 11.1 Å². The van der Waals surface area contributed by atoms with Crippen LogP contribution in [0.3, 0.4) is 0 Å². The van der Waals surface area contributed by atoms with Crippen molar-refractivity contribution in [3.05, 3.63) is 29.5 Å². The third kappa shape index (κ3) is 1.22. The van der Waals surface area contributed by atoms with Gasteiger partial charge in [0, 0.05) is 33.6 Å². The van der Waals surface area contributed by atoms with Crippen molar-refractivity contribution in [1.29, 1.82) is 0 Å². The number of H-pyrrole nitrogens is 1. The maximum Gasteiger partial charge on any atom is 0.132 e. The summed E-state index contributed by atoms with van der Waals surface area (Å²) in [5.74, 6) is 0.598. The molecule has 0 radical (unpaired) electrons. The number of pyridine rings is 1. The number of aromatic nitrogens is 3. The largest absolute Gasteiger partial charge is 0.383 e. The first-order valence-electron chi connectivity index (χ1n) is 4.89. The monoisotopic (exact) mass is 230 g/mol. The predicted molar refractivity (Wildman–Crippen MR) is 66.4 cm³/mol. The number of fused-ring (bicyclic) bond motifs is 1. The van der Waals surface area contributed by atoms with Crippen LogP contribution in [0, 0.1) is 6.92 Å². The van der Waals surface area contributed by atoms with E-state index < -0.39 is 0 Å². The minimum absolute atomic E-state index is 0.598. The number of nitrogens with zero attached hydrogens (tertiary/aromatic N) is 2. The number of aromatic amines is 1. The van der Waals surface area contributed by atoms with E-state index in [-0.39, 0.29) is 0 Å². The molecule has 3 N–H and O–H groups in total. The van der Waals surface area contributed by atoms with Crippen LogP contribution in [0.25, 0.3) is 21.2 Å². The highest BCUT2D eigenvalue weighted by Crippen LogP contribution is 2.36. The number of nitrogens with two attached hydrogens (primary N) is 1. The first kappa shape index (κ1) is 9.35. The normalized spacial score (nSPS) is 11.1. The molecule has 0 unspecified atom stereocenters. The molecule has 16 heavy (non-hydrogen) atoms. The zero-order valence-electron chi connectivity index (χ0n) is 8.69. The van der Waals surface area contributed by atoms with Crippen LogP contribution in [0.2, 0.25) is 0 Å². The third-order valence-electron chi connectivity index (χ3n) is 2.62. The quantitative estimate of drug-likeness (QED) is 0.675. The Labute approximate surface area is 96.1 Å². The fourth-order valence-electron chi connectivity index (χ4n) is 1.82. The molecule has 3 heterocycles. The van der Waals surface area contributed by atoms with Crippen LogP contribution < -0.4 is 5.73 Å². The van der Waals surface area contributed by atoms with Crippen LogP contribution in [0.15, 0.2) is 24.0 Å². The molecule has 4 nitrogen and oxygen atoms in total. The zero-order chi connectivity index (χ0) is 11.1. The summed E-state index contributed by atoms with van der Waals surface area (Å²) in [6, 6.07) is 0. The van der Waals surface area contributed by atoms with Crippen LogP contribution in [0.5, 0.6) is 0 Å². The molecule has 0 fully saturated rings. The molecule has 0 aliphatic carbocycles. The van der Waals surface area contributed by atoms with Gasteiger partial charge in [-0.1, -0.05) is 0 Å². The zero-order valence-corrected chi connectivity index (χ0v) is 9.51. The third-order valence-corrected chi connectivity index (χ3v) is 3.75. The molecule has 0 saturated carbocycles. The second kappa shape index (κ2) is 3.31. The van der Waals surface area contributed by atoms with Gasteiger partial charge in [0.25, 0.3) is 0 Å². The second-order valence-corrected chi connectivity index (χ2v) is 4.55. The van der Waals surface area contributed by atoms with Gasteiger partial charge in [-0.2, -0.15) is 5.10 Å². The molecule has 0 atom stereocenters. The number of aryl methyl sites for hydroxylation is 1. The number of hydrogen-bond acceptors (Lipinski definition) is 4. The molecule has 5 heteroatoms. The fourth-order valence-corrected chi connectivity index (χ4v) is 2.92. The van der Waals surface area contributed by atoms with E-state index in [1.807, 2.05) is 6.20 Å². The van der Waals surface area contributed by atoms with E-state index in [9.17, 15) is 0 Å². The molecule has 3 aromatic heterocycles. The minimum atomic E-state index is 0.598. The molecule has 3 aromatic rings. The van der Waals surface area contributed by atoms with Crippen LogP contribution in [0.4, 0.5) is 5.82 Å². The standard InChI is InChI=1S/C11H10N4S/c1-6-5-16-10-8(7-2-14-15-3-7)4-13-11(12)9(6)10/h2-5H,1H3,(H2,12,13)(H,14,15). The number of nitrogen functional groups attached to an aromatic ring is 1. The van der Waals surface area contributed by atoms with Gasteiger partial charge >= 0.3 is 0 Å². The lowest BCUT2D eigenvalue weighted by molar-refractivity contribution is 1.09. The lowest BCUT2D eigenvalue weighted by Gasteiger charge is -2.02. The van der Waals surface area contributed by atoms with E-state index in [2.05, 4.69) is 27.5 Å². The highest BCUT2D eigenvalue weighted by molar-refractivity contribution is 7.18. The van der Waals surface area contributed by atoms with Crippen molar-refractivity contribution in [2.24, 2.45) is 0 Å². The number of anilines is 1. The van der Waals surface area contributed by atoms with Gasteiger partial charge in [-0.05, 0) is 17.9 Å². The van der Waals surface area contributed by atoms with Crippen molar-refractivity contribution in [2.45, 2.75) is 6.92 Å². The van der Waals surface area contributed by atoms with Crippen molar-refractivity contribution in [3.63, 3.8) is 0 Å². The molecule has 0 bridgehead atoms. The average molecular weight is 230 g/mol. The first-order valence-corrected chi connectivity index (χ1v) is 5.77. The Kier molecular flexibility index (Phi) is 1.94. The Balaban J connectivity index is 2.39. The molecule has 0 spiro atoms. The summed E-state index contributed by atoms with van der Waals surface area (Å²) in [4.78, 5) is 4.24. The van der Waals surface area contributed by atoms with Crippen LogP contribution >= 0.6 is 11.3 Å². The maximum absolute atomic E-state index is 5.90. The molecular weight excluding hydrogens is 220 g/mol. The number of thiophene rings is 1. The van der Waals surface area contributed by atoms with Crippen molar-refractivity contribution in [2.75, 3.05) is 5.73 Å². The minimum Gasteiger partial charge on any atom is -0.383 e. The topological polar surface area (TPSA) is 67.6 Å². The molecule has 0 amide bonds. The average Bonchev–Trinajstić information content (AvgIpc) is 2.89. The SMILES string of the molecule is Cc1csc2c(-c3cn[nH]c3)cnc(N)c12. The summed E-state index contributed by atoms with van der Waals surface area (Å²) in [5, 5.41) is 9.93. The number of hydrogen-bond donors (Lipinski definition) is 2. The smallest absolute Gasteiger partial charge is 0.132 e. The summed E-state index contributed by atoms with van der Waals surface area (Å²) in [7, 11) is 0. The summed E-state index contributed by atoms with van der Waals surface area (Å²) >= 11 is 1.69. The molecular formula is C11H10N4S. The van der Waals surface area contributed by atoms with Crippen molar-refractivity contribution in [1.82, 2.24) is 15.2 Å². The highest BCUT2D eigenvalue weighted by Gasteiger charge is 2.11. The van der Waals surface area contributed by atoms with Crippen molar-refractivity contribution >= 4 is 27.2 Å². The van der Waals surface area contributed by atoms with Gasteiger partial charge in [0.05, 0.1) is 6.20 Å². The maximum atomic E-state index is 5.90. The Morgan fingerprint density at radius 3 is 3.00 bits per heavy atom. The van der Waals surface area contributed by atoms with Crippen LogP contribution in [-0.4, -0.2) is 15.2 Å². The van der Waals surface area contributed by atoms with E-state index in [0.717, 1.165) is 16.5 Å². The number of nitrogens with one attached hydrogen (secondary N) is 1. The first-order chi connectivity index (χ1) is 7.77. The van der Waals surface area contributed by atoms with E-state index in [4.69, 9.17) is 5.73 Å². The molecule has 0 saturated heterocycles. The van der Waals surface area contributed by atoms with E-state index in [1.165, 1.54) is 10.3 Å². The Hall–Kier alpha value is -1.88. The summed E-state index contributed by atoms with van der Waals surface area (Å²) in [6.07, 6.45) is 5.46. The van der Waals surface area contributed by atoms with Gasteiger partial charge in [-0.25, -0.2) is 4.98 Å². The van der Waals surface area contributed by atoms with Gasteiger partial charge in [0.1, 0.15) is 5.82 Å². The lowest BCUT2D eigenvalue weighted by atomic mass is 10.1. The number of rotatable bonds is 1. The Morgan fingerprint density at radius 2 is 2.25 bits per heavy atom. The van der Waals surface area contributed by atoms with Gasteiger partial charge in [-0.15, -0.1) is 11.3 Å². The predicted octanol–water partition coefficient (Wildman–Crippen LogP) is 2.58. The summed E-state index contributed by atoms with van der Waals surface area (Å²) in [5.41, 5.74) is 9.19. The van der Waals surface area contributed by atoms with E-state index in [1.54, 1.807) is 23.7 Å². The molecule has 80 valence electrons. The second-order valence-electron chi connectivity index (χ2n) is 3.67. The Morgan fingerprint density at radius 1 is 1.38 bits per heavy atom. The molecule has 0 aliphatic rings. The highest BCUT2D eigenvalue weighted by atomic mass is 32.1. The van der Waals surface area contributed by atoms with E-state index in [0.29, 0.717) is 5.82 Å². The Bertz CT molecular complexity index is 639. The summed E-state index contributed by atoms with van der Waals surface area (Å²) < 4.78 is 1.17.